The summed E-state index contributed by atoms with van der Waals surface area (Å²) in [5, 5.41) is 7.66. The van der Waals surface area contributed by atoms with E-state index in [2.05, 4.69) is 26.9 Å². The fraction of sp³-hybridized carbons (Fsp3) is 0.625. The first-order chi connectivity index (χ1) is 11.4. The van der Waals surface area contributed by atoms with Gasteiger partial charge < -0.3 is 4.90 Å². The van der Waals surface area contributed by atoms with Crippen molar-refractivity contribution in [2.45, 2.75) is 51.0 Å². The molecule has 0 unspecified atom stereocenters. The topological polar surface area (TPSA) is 88.3 Å². The zero-order valence-corrected chi connectivity index (χ0v) is 15.2. The third-order valence-corrected chi connectivity index (χ3v) is 6.20. The minimum atomic E-state index is -3.68. The Kier molecular flexibility index (Phi) is 4.89. The molecule has 7 nitrogen and oxygen atoms in total. The van der Waals surface area contributed by atoms with Crippen LogP contribution in [0.15, 0.2) is 15.6 Å². The van der Waals surface area contributed by atoms with E-state index >= 15 is 0 Å². The Hall–Kier alpha value is -1.51. The van der Waals surface area contributed by atoms with E-state index in [4.69, 9.17) is 4.63 Å². The smallest absolute Gasteiger partial charge is 0.243 e. The van der Waals surface area contributed by atoms with Gasteiger partial charge in [-0.1, -0.05) is 13.0 Å². The number of piperidine rings is 1. The maximum absolute atomic E-state index is 13.0. The summed E-state index contributed by atoms with van der Waals surface area (Å²) in [4.78, 5) is 2.49. The molecule has 2 aromatic rings. The molecule has 2 heterocycles. The minimum Gasteiger partial charge on any atom is -0.302 e. The van der Waals surface area contributed by atoms with Gasteiger partial charge in [-0.25, -0.2) is 17.8 Å². The van der Waals surface area contributed by atoms with Crippen molar-refractivity contribution >= 4 is 21.1 Å². The van der Waals surface area contributed by atoms with Crippen molar-refractivity contribution < 1.29 is 13.0 Å². The molecule has 1 aliphatic heterocycles. The second kappa shape index (κ2) is 6.78. The zero-order chi connectivity index (χ0) is 17.3. The van der Waals surface area contributed by atoms with Crippen molar-refractivity contribution in [3.05, 3.63) is 17.2 Å². The monoisotopic (exact) mass is 352 g/mol. The van der Waals surface area contributed by atoms with Crippen molar-refractivity contribution in [3.8, 4) is 0 Å². The summed E-state index contributed by atoms with van der Waals surface area (Å²) in [6.07, 6.45) is 2.92. The van der Waals surface area contributed by atoms with Crippen molar-refractivity contribution in [3.63, 3.8) is 0 Å². The first kappa shape index (κ1) is 17.3. The van der Waals surface area contributed by atoms with Crippen LogP contribution in [0.1, 0.15) is 37.3 Å². The molecule has 0 aliphatic carbocycles. The Labute approximate surface area is 142 Å². The normalized spacial score (nSPS) is 19.9. The fourth-order valence-electron chi connectivity index (χ4n) is 3.53. The summed E-state index contributed by atoms with van der Waals surface area (Å²) in [7, 11) is -3.68. The quantitative estimate of drug-likeness (QED) is 0.885. The van der Waals surface area contributed by atoms with E-state index in [1.807, 2.05) is 13.0 Å². The number of fused-ring (bicyclic) bond motifs is 1. The van der Waals surface area contributed by atoms with Gasteiger partial charge in [-0.15, -0.1) is 0 Å². The molecular formula is C16H24N4O3S. The van der Waals surface area contributed by atoms with Crippen LogP contribution in [-0.4, -0.2) is 49.3 Å². The van der Waals surface area contributed by atoms with Crippen LogP contribution in [0, 0.1) is 13.8 Å². The first-order valence-corrected chi connectivity index (χ1v) is 9.88. The van der Waals surface area contributed by atoms with Gasteiger partial charge in [0, 0.05) is 12.6 Å². The van der Waals surface area contributed by atoms with Crippen LogP contribution >= 0.6 is 0 Å². The Morgan fingerprint density at radius 2 is 2.04 bits per heavy atom. The van der Waals surface area contributed by atoms with Crippen LogP contribution in [-0.2, 0) is 10.0 Å². The number of rotatable bonds is 5. The van der Waals surface area contributed by atoms with E-state index < -0.39 is 10.0 Å². The van der Waals surface area contributed by atoms with E-state index in [1.54, 1.807) is 6.92 Å². The average Bonchev–Trinajstić information content (AvgIpc) is 2.96. The predicted molar refractivity (Wildman–Crippen MR) is 91.4 cm³/mol. The van der Waals surface area contributed by atoms with Gasteiger partial charge in [0.05, 0.1) is 0 Å². The molecule has 1 aromatic carbocycles. The van der Waals surface area contributed by atoms with Crippen LogP contribution in [0.5, 0.6) is 0 Å². The number of nitrogens with zero attached hydrogens (tertiary/aromatic N) is 3. The number of hydrogen-bond acceptors (Lipinski definition) is 6. The van der Waals surface area contributed by atoms with Crippen molar-refractivity contribution in [2.24, 2.45) is 0 Å². The van der Waals surface area contributed by atoms with E-state index in [9.17, 15) is 8.42 Å². The fourth-order valence-corrected chi connectivity index (χ4v) is 5.15. The molecule has 0 radical (unpaired) electrons. The number of sulfonamides is 1. The summed E-state index contributed by atoms with van der Waals surface area (Å²) in [5.41, 5.74) is 2.32. The molecule has 0 bridgehead atoms. The van der Waals surface area contributed by atoms with Crippen molar-refractivity contribution in [1.82, 2.24) is 19.9 Å². The van der Waals surface area contributed by atoms with E-state index in [0.717, 1.165) is 44.5 Å². The molecule has 1 N–H and O–H groups in total. The molecule has 132 valence electrons. The number of benzene rings is 1. The highest BCUT2D eigenvalue weighted by Crippen LogP contribution is 2.27. The molecule has 24 heavy (non-hydrogen) atoms. The maximum atomic E-state index is 13.0. The van der Waals surface area contributed by atoms with Gasteiger partial charge in [-0.3, -0.25) is 0 Å². The largest absolute Gasteiger partial charge is 0.302 e. The Balaban J connectivity index is 1.90. The standard InChI is InChI=1S/C16H24N4O3S/c1-4-7-20-8-5-6-13(10-20)19-24(21,22)16-12(3)9-11(2)14-15(16)18-23-17-14/h9,13,19H,4-8,10H2,1-3H3/t13-/m1/s1. The van der Waals surface area contributed by atoms with Crippen LogP contribution in [0.4, 0.5) is 0 Å². The molecule has 1 saturated heterocycles. The second-order valence-electron chi connectivity index (χ2n) is 6.56. The molecule has 3 rings (SSSR count). The molecule has 0 amide bonds. The summed E-state index contributed by atoms with van der Waals surface area (Å²) in [6, 6.07) is 1.73. The number of nitrogens with one attached hydrogen (secondary N) is 1. The number of aryl methyl sites for hydroxylation is 2. The molecule has 1 atom stereocenters. The minimum absolute atomic E-state index is 0.0779. The van der Waals surface area contributed by atoms with Crippen LogP contribution in [0.3, 0.4) is 0 Å². The highest BCUT2D eigenvalue weighted by Gasteiger charge is 2.29. The van der Waals surface area contributed by atoms with E-state index in [-0.39, 0.29) is 10.9 Å². The average molecular weight is 352 g/mol. The predicted octanol–water partition coefficient (Wildman–Crippen LogP) is 1.99. The van der Waals surface area contributed by atoms with Gasteiger partial charge in [-0.2, -0.15) is 0 Å². The van der Waals surface area contributed by atoms with Crippen LogP contribution < -0.4 is 4.72 Å². The molecule has 1 aromatic heterocycles. The Morgan fingerprint density at radius 1 is 1.29 bits per heavy atom. The molecular weight excluding hydrogens is 328 g/mol. The Bertz CT molecular complexity index is 829. The van der Waals surface area contributed by atoms with Gasteiger partial charge in [0.2, 0.25) is 10.0 Å². The lowest BCUT2D eigenvalue weighted by molar-refractivity contribution is 0.202. The summed E-state index contributed by atoms with van der Waals surface area (Å²) in [6.45, 7) is 8.56. The van der Waals surface area contributed by atoms with Gasteiger partial charge in [0.1, 0.15) is 10.4 Å². The van der Waals surface area contributed by atoms with Crippen LogP contribution in [0.25, 0.3) is 11.0 Å². The third kappa shape index (κ3) is 3.31. The Morgan fingerprint density at radius 3 is 2.79 bits per heavy atom. The summed E-state index contributed by atoms with van der Waals surface area (Å²) < 4.78 is 33.6. The number of likely N-dealkylation sites (tertiary alicyclic amines) is 1. The van der Waals surface area contributed by atoms with Crippen LogP contribution in [0.2, 0.25) is 0 Å². The maximum Gasteiger partial charge on any atom is 0.243 e. The third-order valence-electron chi connectivity index (χ3n) is 4.50. The summed E-state index contributed by atoms with van der Waals surface area (Å²) >= 11 is 0. The van der Waals surface area contributed by atoms with Gasteiger partial charge in [-0.05, 0) is 67.6 Å². The lowest BCUT2D eigenvalue weighted by atomic mass is 10.1. The first-order valence-electron chi connectivity index (χ1n) is 8.39. The lowest BCUT2D eigenvalue weighted by Gasteiger charge is -2.32. The SMILES string of the molecule is CCCN1CCC[C@@H](NS(=O)(=O)c2c(C)cc(C)c3nonc23)C1. The molecule has 0 saturated carbocycles. The lowest BCUT2D eigenvalue weighted by Crippen LogP contribution is -2.47. The molecule has 1 fully saturated rings. The highest BCUT2D eigenvalue weighted by molar-refractivity contribution is 7.89. The molecule has 1 aliphatic rings. The van der Waals surface area contributed by atoms with Gasteiger partial charge >= 0.3 is 0 Å². The molecule has 8 heteroatoms. The van der Waals surface area contributed by atoms with E-state index in [1.165, 1.54) is 0 Å². The van der Waals surface area contributed by atoms with Crippen molar-refractivity contribution in [1.29, 1.82) is 0 Å². The number of aromatic nitrogens is 2. The van der Waals surface area contributed by atoms with Crippen molar-refractivity contribution in [2.75, 3.05) is 19.6 Å². The van der Waals surface area contributed by atoms with Gasteiger partial charge in [0.15, 0.2) is 5.52 Å². The highest BCUT2D eigenvalue weighted by atomic mass is 32.2. The van der Waals surface area contributed by atoms with Gasteiger partial charge in [0.25, 0.3) is 0 Å². The number of hydrogen-bond donors (Lipinski definition) is 1. The van der Waals surface area contributed by atoms with E-state index in [0.29, 0.717) is 16.6 Å². The molecule has 0 spiro atoms. The zero-order valence-electron chi connectivity index (χ0n) is 14.4. The summed E-state index contributed by atoms with van der Waals surface area (Å²) in [5.74, 6) is 0. The second-order valence-corrected chi connectivity index (χ2v) is 8.21.